The summed E-state index contributed by atoms with van der Waals surface area (Å²) in [4.78, 5) is 15.9. The van der Waals surface area contributed by atoms with Gasteiger partial charge < -0.3 is 5.32 Å². The lowest BCUT2D eigenvalue weighted by molar-refractivity contribution is -0.383. The van der Waals surface area contributed by atoms with Crippen LogP contribution in [0.15, 0.2) is 24.4 Å². The average Bonchev–Trinajstić information content (AvgIpc) is 2.85. The molecule has 0 spiro atoms. The first-order chi connectivity index (χ1) is 9.11. The van der Waals surface area contributed by atoms with Gasteiger partial charge in [-0.15, -0.1) is 11.3 Å². The molecule has 7 heteroatoms. The van der Waals surface area contributed by atoms with Crippen molar-refractivity contribution in [1.29, 1.82) is 0 Å². The third kappa shape index (κ3) is 3.21. The Bertz CT molecular complexity index is 600. The lowest BCUT2D eigenvalue weighted by atomic mass is 10.2. The van der Waals surface area contributed by atoms with Gasteiger partial charge in [-0.2, -0.15) is 0 Å². The molecular weight excluding hydrogens is 286 g/mol. The van der Waals surface area contributed by atoms with E-state index in [-0.39, 0.29) is 5.69 Å². The largest absolute Gasteiger partial charge is 0.372 e. The van der Waals surface area contributed by atoms with Crippen molar-refractivity contribution in [3.8, 4) is 0 Å². The molecule has 0 radical (unpaired) electrons. The van der Waals surface area contributed by atoms with Crippen molar-refractivity contribution in [2.24, 2.45) is 0 Å². The molecular formula is C12H12ClN3O2S. The smallest absolute Gasteiger partial charge is 0.293 e. The Hall–Kier alpha value is -1.66. The zero-order valence-corrected chi connectivity index (χ0v) is 11.8. The predicted molar refractivity (Wildman–Crippen MR) is 76.9 cm³/mol. The molecule has 1 N–H and O–H groups in total. The van der Waals surface area contributed by atoms with Crippen molar-refractivity contribution >= 4 is 34.3 Å². The highest BCUT2D eigenvalue weighted by molar-refractivity contribution is 7.11. The van der Waals surface area contributed by atoms with Crippen LogP contribution in [-0.2, 0) is 13.0 Å². The lowest BCUT2D eigenvalue weighted by Gasteiger charge is -2.07. The van der Waals surface area contributed by atoms with Crippen molar-refractivity contribution in [1.82, 2.24) is 4.98 Å². The number of halogens is 1. The van der Waals surface area contributed by atoms with Crippen molar-refractivity contribution in [2.75, 3.05) is 5.32 Å². The van der Waals surface area contributed by atoms with Gasteiger partial charge in [0.2, 0.25) is 0 Å². The van der Waals surface area contributed by atoms with E-state index in [1.165, 1.54) is 10.9 Å². The SMILES string of the molecule is CCc1cnc(CNc2c(Cl)cccc2[N+](=O)[O-])s1. The minimum absolute atomic E-state index is 0.0280. The van der Waals surface area contributed by atoms with Gasteiger partial charge in [-0.05, 0) is 12.5 Å². The number of aromatic nitrogens is 1. The van der Waals surface area contributed by atoms with Crippen LogP contribution in [0.4, 0.5) is 11.4 Å². The number of hydrogen-bond acceptors (Lipinski definition) is 5. The Morgan fingerprint density at radius 2 is 2.32 bits per heavy atom. The van der Waals surface area contributed by atoms with Crippen LogP contribution < -0.4 is 5.32 Å². The third-order valence-electron chi connectivity index (χ3n) is 2.55. The fraction of sp³-hybridized carbons (Fsp3) is 0.250. The molecule has 0 bridgehead atoms. The number of nitro benzene ring substituents is 1. The lowest BCUT2D eigenvalue weighted by Crippen LogP contribution is -2.02. The number of nitro groups is 1. The number of para-hydroxylation sites is 1. The van der Waals surface area contributed by atoms with Crippen molar-refractivity contribution in [3.05, 3.63) is 49.4 Å². The topological polar surface area (TPSA) is 68.1 Å². The van der Waals surface area contributed by atoms with Crippen molar-refractivity contribution < 1.29 is 4.92 Å². The van der Waals surface area contributed by atoms with Crippen LogP contribution >= 0.6 is 22.9 Å². The number of benzene rings is 1. The Labute approximate surface area is 119 Å². The summed E-state index contributed by atoms with van der Waals surface area (Å²) in [5.74, 6) is 0. The Kier molecular flexibility index (Phi) is 4.34. The minimum Gasteiger partial charge on any atom is -0.372 e. The molecule has 0 saturated heterocycles. The summed E-state index contributed by atoms with van der Waals surface area (Å²) < 4.78 is 0. The van der Waals surface area contributed by atoms with E-state index in [0.717, 1.165) is 11.4 Å². The van der Waals surface area contributed by atoms with Gasteiger partial charge in [0, 0.05) is 17.1 Å². The van der Waals surface area contributed by atoms with E-state index in [9.17, 15) is 10.1 Å². The highest BCUT2D eigenvalue weighted by Crippen LogP contribution is 2.32. The molecule has 5 nitrogen and oxygen atoms in total. The van der Waals surface area contributed by atoms with Crippen LogP contribution in [0.3, 0.4) is 0 Å². The fourth-order valence-corrected chi connectivity index (χ4v) is 2.64. The second kappa shape index (κ2) is 5.99. The van der Waals surface area contributed by atoms with E-state index in [0.29, 0.717) is 17.3 Å². The number of hydrogen-bond donors (Lipinski definition) is 1. The van der Waals surface area contributed by atoms with E-state index in [1.807, 2.05) is 6.20 Å². The summed E-state index contributed by atoms with van der Waals surface area (Å²) >= 11 is 7.57. The highest BCUT2D eigenvalue weighted by atomic mass is 35.5. The monoisotopic (exact) mass is 297 g/mol. The van der Waals surface area contributed by atoms with Gasteiger partial charge in [0.25, 0.3) is 5.69 Å². The maximum atomic E-state index is 10.9. The molecule has 0 unspecified atom stereocenters. The second-order valence-corrected chi connectivity index (χ2v) is 5.43. The van der Waals surface area contributed by atoms with Gasteiger partial charge in [0.05, 0.1) is 16.5 Å². The number of thiazole rings is 1. The summed E-state index contributed by atoms with van der Waals surface area (Å²) in [5.41, 5.74) is 0.308. The summed E-state index contributed by atoms with van der Waals surface area (Å²) in [7, 11) is 0. The van der Waals surface area contributed by atoms with Gasteiger partial charge >= 0.3 is 0 Å². The number of nitrogens with zero attached hydrogens (tertiary/aromatic N) is 2. The van der Waals surface area contributed by atoms with Crippen LogP contribution in [-0.4, -0.2) is 9.91 Å². The molecule has 0 aliphatic rings. The average molecular weight is 298 g/mol. The molecule has 0 saturated carbocycles. The highest BCUT2D eigenvalue weighted by Gasteiger charge is 2.16. The Morgan fingerprint density at radius 1 is 1.53 bits per heavy atom. The van der Waals surface area contributed by atoms with Crippen LogP contribution in [0.1, 0.15) is 16.8 Å². The van der Waals surface area contributed by atoms with Gasteiger partial charge in [0.1, 0.15) is 10.7 Å². The molecule has 0 aliphatic heterocycles. The molecule has 0 aliphatic carbocycles. The summed E-state index contributed by atoms with van der Waals surface area (Å²) in [6, 6.07) is 4.61. The fourth-order valence-electron chi connectivity index (χ4n) is 1.60. The first-order valence-corrected chi connectivity index (χ1v) is 6.91. The number of nitrogens with one attached hydrogen (secondary N) is 1. The van der Waals surface area contributed by atoms with Gasteiger partial charge in [0.15, 0.2) is 0 Å². The van der Waals surface area contributed by atoms with Gasteiger partial charge in [-0.25, -0.2) is 4.98 Å². The maximum absolute atomic E-state index is 10.9. The first-order valence-electron chi connectivity index (χ1n) is 5.72. The second-order valence-electron chi connectivity index (χ2n) is 3.82. The predicted octanol–water partition coefficient (Wildman–Crippen LogP) is 3.88. The molecule has 0 atom stereocenters. The molecule has 100 valence electrons. The summed E-state index contributed by atoms with van der Waals surface area (Å²) in [6.45, 7) is 2.48. The Balaban J connectivity index is 2.17. The quantitative estimate of drug-likeness (QED) is 0.672. The normalized spacial score (nSPS) is 10.4. The van der Waals surface area contributed by atoms with Crippen LogP contribution in [0.2, 0.25) is 5.02 Å². The van der Waals surface area contributed by atoms with E-state index >= 15 is 0 Å². The Morgan fingerprint density at radius 3 is 2.95 bits per heavy atom. The molecule has 0 amide bonds. The molecule has 1 aromatic carbocycles. The van der Waals surface area contributed by atoms with E-state index in [2.05, 4.69) is 17.2 Å². The summed E-state index contributed by atoms with van der Waals surface area (Å²) in [5, 5.41) is 15.1. The van der Waals surface area contributed by atoms with E-state index in [4.69, 9.17) is 11.6 Å². The molecule has 2 rings (SSSR count). The first kappa shape index (κ1) is 13.8. The van der Waals surface area contributed by atoms with Crippen LogP contribution in [0.25, 0.3) is 0 Å². The van der Waals surface area contributed by atoms with Crippen LogP contribution in [0, 0.1) is 10.1 Å². The number of rotatable bonds is 5. The molecule has 1 aromatic heterocycles. The van der Waals surface area contributed by atoms with Gasteiger partial charge in [-0.1, -0.05) is 24.6 Å². The van der Waals surface area contributed by atoms with E-state index < -0.39 is 4.92 Å². The number of anilines is 1. The van der Waals surface area contributed by atoms with Crippen molar-refractivity contribution in [2.45, 2.75) is 19.9 Å². The third-order valence-corrected chi connectivity index (χ3v) is 4.01. The van der Waals surface area contributed by atoms with E-state index in [1.54, 1.807) is 23.5 Å². The zero-order chi connectivity index (χ0) is 13.8. The summed E-state index contributed by atoms with van der Waals surface area (Å²) in [6.07, 6.45) is 2.76. The molecule has 19 heavy (non-hydrogen) atoms. The standard InChI is InChI=1S/C12H12ClN3O2S/c1-2-8-6-14-11(19-8)7-15-12-9(13)4-3-5-10(12)16(17)18/h3-6,15H,2,7H2,1H3. The zero-order valence-electron chi connectivity index (χ0n) is 10.2. The van der Waals surface area contributed by atoms with Crippen molar-refractivity contribution in [3.63, 3.8) is 0 Å². The minimum atomic E-state index is -0.451. The molecule has 2 aromatic rings. The molecule has 0 fully saturated rings. The number of aryl methyl sites for hydroxylation is 1. The van der Waals surface area contributed by atoms with Crippen LogP contribution in [0.5, 0.6) is 0 Å². The molecule has 1 heterocycles. The maximum Gasteiger partial charge on any atom is 0.293 e. The van der Waals surface area contributed by atoms with Gasteiger partial charge in [-0.3, -0.25) is 10.1 Å².